The zero-order valence-electron chi connectivity index (χ0n) is 18.9. The van der Waals surface area contributed by atoms with Gasteiger partial charge in [-0.3, -0.25) is 4.79 Å². The lowest BCUT2D eigenvalue weighted by Crippen LogP contribution is -2.54. The molecule has 5 heteroatoms. The van der Waals surface area contributed by atoms with E-state index in [1.807, 2.05) is 0 Å². The maximum atomic E-state index is 13.6. The smallest absolute Gasteiger partial charge is 0.227 e. The number of nitrogens with one attached hydrogen (secondary N) is 1. The molecule has 3 atom stereocenters. The third-order valence-electron chi connectivity index (χ3n) is 8.09. The fourth-order valence-corrected chi connectivity index (χ4v) is 6.51. The first kappa shape index (κ1) is 19.9. The van der Waals surface area contributed by atoms with Crippen LogP contribution in [0.25, 0.3) is 10.9 Å². The number of amides is 1. The highest BCUT2D eigenvalue weighted by Crippen LogP contribution is 2.40. The quantitative estimate of drug-likeness (QED) is 0.674. The largest absolute Gasteiger partial charge is 0.496 e. The van der Waals surface area contributed by atoms with E-state index in [0.717, 1.165) is 44.5 Å². The molecule has 3 aliphatic rings. The van der Waals surface area contributed by atoms with Crippen molar-refractivity contribution >= 4 is 16.8 Å². The van der Waals surface area contributed by atoms with Gasteiger partial charge in [0.2, 0.25) is 5.91 Å². The third-order valence-corrected chi connectivity index (χ3v) is 8.09. The molecule has 0 spiro atoms. The summed E-state index contributed by atoms with van der Waals surface area (Å²) < 4.78 is 5.65. The van der Waals surface area contributed by atoms with Crippen molar-refractivity contribution in [2.24, 2.45) is 11.8 Å². The van der Waals surface area contributed by atoms with E-state index < -0.39 is 0 Å². The highest BCUT2D eigenvalue weighted by Gasteiger charge is 2.42. The van der Waals surface area contributed by atoms with E-state index in [4.69, 9.17) is 4.74 Å². The van der Waals surface area contributed by atoms with Gasteiger partial charge in [0.15, 0.2) is 0 Å². The number of carbonyl (C=O) groups excluding carboxylic acids is 1. The van der Waals surface area contributed by atoms with E-state index in [2.05, 4.69) is 64.3 Å². The molecule has 1 amide bonds. The Balaban J connectivity index is 1.21. The lowest BCUT2D eigenvalue weighted by molar-refractivity contribution is -0.140. The molecular formula is C27H31N3O2. The Labute approximate surface area is 189 Å². The molecule has 1 saturated heterocycles. The second-order valence-corrected chi connectivity index (χ2v) is 9.84. The van der Waals surface area contributed by atoms with Crippen molar-refractivity contribution in [1.29, 1.82) is 0 Å². The van der Waals surface area contributed by atoms with Crippen LogP contribution in [0.5, 0.6) is 5.75 Å². The normalized spacial score (nSPS) is 25.2. The molecule has 6 rings (SSSR count). The number of hydrogen-bond donors (Lipinski definition) is 1. The van der Waals surface area contributed by atoms with E-state index in [-0.39, 0.29) is 5.92 Å². The number of piperidine rings is 1. The van der Waals surface area contributed by atoms with Crippen LogP contribution in [0.1, 0.15) is 28.8 Å². The summed E-state index contributed by atoms with van der Waals surface area (Å²) in [4.78, 5) is 21.7. The summed E-state index contributed by atoms with van der Waals surface area (Å²) in [6.45, 7) is 2.38. The summed E-state index contributed by atoms with van der Waals surface area (Å²) >= 11 is 0. The molecule has 1 aromatic heterocycles. The number of likely N-dealkylation sites (tertiary alicyclic amines) is 1. The maximum absolute atomic E-state index is 13.6. The molecule has 0 bridgehead atoms. The van der Waals surface area contributed by atoms with Gasteiger partial charge in [-0.25, -0.2) is 0 Å². The number of aromatic nitrogens is 1. The van der Waals surface area contributed by atoms with Crippen LogP contribution in [0, 0.1) is 11.8 Å². The van der Waals surface area contributed by atoms with Gasteiger partial charge in [-0.2, -0.15) is 0 Å². The zero-order valence-corrected chi connectivity index (χ0v) is 18.9. The number of nitrogens with zero attached hydrogens (tertiary/aromatic N) is 2. The summed E-state index contributed by atoms with van der Waals surface area (Å²) in [5.41, 5.74) is 6.54. The second kappa shape index (κ2) is 7.66. The number of hydrogen-bond acceptors (Lipinski definition) is 3. The van der Waals surface area contributed by atoms with E-state index in [0.29, 0.717) is 24.4 Å². The molecule has 1 fully saturated rings. The number of rotatable bonds is 2. The Kier molecular flexibility index (Phi) is 4.76. The van der Waals surface area contributed by atoms with Crippen LogP contribution in [0.3, 0.4) is 0 Å². The Hall–Kier alpha value is -2.79. The number of methoxy groups -OCH3 is 1. The maximum Gasteiger partial charge on any atom is 0.227 e. The molecule has 166 valence electrons. The fourth-order valence-electron chi connectivity index (χ4n) is 6.51. The van der Waals surface area contributed by atoms with Crippen LogP contribution in [0.4, 0.5) is 0 Å². The van der Waals surface area contributed by atoms with E-state index in [1.54, 1.807) is 7.11 Å². The van der Waals surface area contributed by atoms with Crippen LogP contribution in [-0.4, -0.2) is 54.0 Å². The number of H-pyrrole nitrogens is 1. The van der Waals surface area contributed by atoms with Crippen LogP contribution >= 0.6 is 0 Å². The minimum Gasteiger partial charge on any atom is -0.496 e. The minimum atomic E-state index is 0.0726. The first-order chi connectivity index (χ1) is 15.6. The monoisotopic (exact) mass is 429 g/mol. The lowest BCUT2D eigenvalue weighted by Gasteiger charge is -2.46. The third kappa shape index (κ3) is 3.14. The van der Waals surface area contributed by atoms with Gasteiger partial charge in [0.1, 0.15) is 5.75 Å². The standard InChI is InChI=1S/C27H31N3O2/c1-29-15-19(12-18-13-22-17(14-25(18)29)6-5-9-26(22)32-2)27(31)30-11-10-21-20-7-3-4-8-23(20)28-24(21)16-30/h3-9,18-19,25,28H,10-16H2,1-2H3/t18-,19-,25-/m1/s1. The van der Waals surface area contributed by atoms with Crippen LogP contribution < -0.4 is 4.74 Å². The Bertz CT molecular complexity index is 1180. The van der Waals surface area contributed by atoms with Gasteiger partial charge in [-0.15, -0.1) is 0 Å². The van der Waals surface area contributed by atoms with Crippen molar-refractivity contribution in [2.45, 2.75) is 38.3 Å². The lowest BCUT2D eigenvalue weighted by atomic mass is 9.72. The summed E-state index contributed by atoms with van der Waals surface area (Å²) in [6.07, 6.45) is 3.96. The van der Waals surface area contributed by atoms with Crippen LogP contribution in [0.2, 0.25) is 0 Å². The van der Waals surface area contributed by atoms with Gasteiger partial charge in [-0.05, 0) is 67.5 Å². The Morgan fingerprint density at radius 3 is 2.84 bits per heavy atom. The molecule has 2 aliphatic heterocycles. The first-order valence-corrected chi connectivity index (χ1v) is 11.8. The van der Waals surface area contributed by atoms with Gasteiger partial charge in [0.05, 0.1) is 19.6 Å². The molecule has 0 saturated carbocycles. The molecule has 5 nitrogen and oxygen atoms in total. The van der Waals surface area contributed by atoms with Gasteiger partial charge in [0.25, 0.3) is 0 Å². The number of likely N-dealkylation sites (N-methyl/N-ethyl adjacent to an activating group) is 1. The van der Waals surface area contributed by atoms with Gasteiger partial charge in [0, 0.05) is 35.7 Å². The summed E-state index contributed by atoms with van der Waals surface area (Å²) in [6, 6.07) is 15.4. The number of fused-ring (bicyclic) bond motifs is 5. The predicted molar refractivity (Wildman–Crippen MR) is 126 cm³/mol. The molecule has 0 unspecified atom stereocenters. The molecule has 0 radical (unpaired) electrons. The molecule has 32 heavy (non-hydrogen) atoms. The molecule has 3 aromatic rings. The van der Waals surface area contributed by atoms with Gasteiger partial charge < -0.3 is 19.5 Å². The highest BCUT2D eigenvalue weighted by atomic mass is 16.5. The zero-order chi connectivity index (χ0) is 21.8. The second-order valence-electron chi connectivity index (χ2n) is 9.84. The topological polar surface area (TPSA) is 48.6 Å². The fraction of sp³-hybridized carbons (Fsp3) is 0.444. The summed E-state index contributed by atoms with van der Waals surface area (Å²) in [7, 11) is 3.96. The molecule has 1 N–H and O–H groups in total. The number of para-hydroxylation sites is 1. The minimum absolute atomic E-state index is 0.0726. The van der Waals surface area contributed by atoms with Gasteiger partial charge >= 0.3 is 0 Å². The van der Waals surface area contributed by atoms with Crippen molar-refractivity contribution in [2.75, 3.05) is 27.2 Å². The van der Waals surface area contributed by atoms with Crippen molar-refractivity contribution in [1.82, 2.24) is 14.8 Å². The van der Waals surface area contributed by atoms with E-state index in [9.17, 15) is 4.79 Å². The molecule has 2 aromatic carbocycles. The number of ether oxygens (including phenoxy) is 1. The highest BCUT2D eigenvalue weighted by molar-refractivity contribution is 5.86. The van der Waals surface area contributed by atoms with Crippen LogP contribution in [-0.2, 0) is 30.6 Å². The molecular weight excluding hydrogens is 398 g/mol. The average molecular weight is 430 g/mol. The summed E-state index contributed by atoms with van der Waals surface area (Å²) in [5.74, 6) is 1.90. The molecule has 1 aliphatic carbocycles. The van der Waals surface area contributed by atoms with E-state index in [1.165, 1.54) is 33.3 Å². The number of benzene rings is 2. The Morgan fingerprint density at radius 2 is 1.97 bits per heavy atom. The predicted octanol–water partition coefficient (Wildman–Crippen LogP) is 3.80. The van der Waals surface area contributed by atoms with Crippen molar-refractivity contribution in [3.05, 3.63) is 64.8 Å². The van der Waals surface area contributed by atoms with Crippen LogP contribution in [0.15, 0.2) is 42.5 Å². The average Bonchev–Trinajstić information content (AvgIpc) is 3.20. The van der Waals surface area contributed by atoms with Crippen molar-refractivity contribution in [3.63, 3.8) is 0 Å². The van der Waals surface area contributed by atoms with Gasteiger partial charge in [-0.1, -0.05) is 30.3 Å². The number of carbonyl (C=O) groups is 1. The first-order valence-electron chi connectivity index (χ1n) is 11.8. The number of aromatic amines is 1. The SMILES string of the molecule is COc1cccc2c1C[C@H]1C[C@@H](C(=O)N3CCc4c([nH]c5ccccc45)C3)CN(C)[C@@H]1C2. The summed E-state index contributed by atoms with van der Waals surface area (Å²) in [5, 5.41) is 1.31. The Morgan fingerprint density at radius 1 is 1.09 bits per heavy atom. The molecule has 3 heterocycles. The van der Waals surface area contributed by atoms with Crippen molar-refractivity contribution in [3.8, 4) is 5.75 Å². The van der Waals surface area contributed by atoms with Crippen molar-refractivity contribution < 1.29 is 9.53 Å². The van der Waals surface area contributed by atoms with E-state index >= 15 is 0 Å².